The predicted molar refractivity (Wildman–Crippen MR) is 58.3 cm³/mol. The Kier molecular flexibility index (Phi) is 8.59. The fraction of sp³-hybridized carbons (Fsp3) is 1.00. The van der Waals surface area contributed by atoms with Gasteiger partial charge in [0.05, 0.1) is 0 Å². The molecule has 0 spiro atoms. The van der Waals surface area contributed by atoms with Crippen LogP contribution in [0.1, 0.15) is 52.4 Å². The van der Waals surface area contributed by atoms with Crippen molar-refractivity contribution in [2.24, 2.45) is 0 Å². The maximum atomic E-state index is 6.06. The molecule has 0 bridgehead atoms. The number of alkyl halides is 2. The lowest BCUT2D eigenvalue weighted by Gasteiger charge is -2.09. The second-order valence-corrected chi connectivity index (χ2v) is 4.56. The van der Waals surface area contributed by atoms with E-state index in [-0.39, 0.29) is 0 Å². The first-order valence-corrected chi connectivity index (χ1v) is 5.86. The molecule has 0 radical (unpaired) electrons. The van der Waals surface area contributed by atoms with Crippen LogP contribution in [0.3, 0.4) is 0 Å². The Morgan fingerprint density at radius 2 is 1.50 bits per heavy atom. The monoisotopic (exact) mass is 210 g/mol. The van der Waals surface area contributed by atoms with E-state index in [0.29, 0.717) is 10.8 Å². The summed E-state index contributed by atoms with van der Waals surface area (Å²) in [6, 6.07) is 0. The van der Waals surface area contributed by atoms with Crippen LogP contribution in [-0.4, -0.2) is 10.8 Å². The van der Waals surface area contributed by atoms with Gasteiger partial charge in [0.1, 0.15) is 0 Å². The topological polar surface area (TPSA) is 0 Å². The molecule has 0 saturated carbocycles. The third-order valence-electron chi connectivity index (χ3n) is 2.08. The van der Waals surface area contributed by atoms with Crippen LogP contribution in [0.25, 0.3) is 0 Å². The lowest BCUT2D eigenvalue weighted by Crippen LogP contribution is -2.01. The smallest absolute Gasteiger partial charge is 0.0336 e. The first-order valence-electron chi connectivity index (χ1n) is 4.98. The van der Waals surface area contributed by atoms with Crippen molar-refractivity contribution in [1.29, 1.82) is 0 Å². The molecule has 0 aliphatic heterocycles. The number of hydrogen-bond acceptors (Lipinski definition) is 0. The van der Waals surface area contributed by atoms with Crippen LogP contribution < -0.4 is 0 Å². The van der Waals surface area contributed by atoms with E-state index in [1.807, 2.05) is 0 Å². The van der Waals surface area contributed by atoms with Crippen molar-refractivity contribution in [2.75, 3.05) is 0 Å². The maximum Gasteiger partial charge on any atom is 0.0336 e. The Balaban J connectivity index is 3.18. The van der Waals surface area contributed by atoms with E-state index in [2.05, 4.69) is 13.8 Å². The molecule has 2 atom stereocenters. The summed E-state index contributed by atoms with van der Waals surface area (Å²) in [6.45, 7) is 4.30. The van der Waals surface area contributed by atoms with Crippen molar-refractivity contribution < 1.29 is 0 Å². The highest BCUT2D eigenvalue weighted by molar-refractivity contribution is 6.21. The van der Waals surface area contributed by atoms with Gasteiger partial charge in [0.25, 0.3) is 0 Å². The molecule has 0 aliphatic rings. The van der Waals surface area contributed by atoms with Crippen LogP contribution in [0.15, 0.2) is 0 Å². The van der Waals surface area contributed by atoms with E-state index in [9.17, 15) is 0 Å². The van der Waals surface area contributed by atoms with Crippen molar-refractivity contribution in [3.63, 3.8) is 0 Å². The van der Waals surface area contributed by atoms with E-state index in [1.165, 1.54) is 12.8 Å². The van der Waals surface area contributed by atoms with Crippen LogP contribution in [0.5, 0.6) is 0 Å². The predicted octanol–water partition coefficient (Wildman–Crippen LogP) is 4.58. The molecule has 2 unspecified atom stereocenters. The van der Waals surface area contributed by atoms with Crippen molar-refractivity contribution in [2.45, 2.75) is 63.1 Å². The summed E-state index contributed by atoms with van der Waals surface area (Å²) in [7, 11) is 0. The molecular weight excluding hydrogens is 191 g/mol. The first-order chi connectivity index (χ1) is 5.70. The van der Waals surface area contributed by atoms with Gasteiger partial charge in [-0.2, -0.15) is 0 Å². The van der Waals surface area contributed by atoms with E-state index in [4.69, 9.17) is 23.2 Å². The summed E-state index contributed by atoms with van der Waals surface area (Å²) in [5, 5.41) is 0.728. The van der Waals surface area contributed by atoms with E-state index in [1.54, 1.807) is 0 Å². The zero-order valence-electron chi connectivity index (χ0n) is 8.15. The Labute approximate surface area is 86.6 Å². The largest absolute Gasteiger partial charge is 0.123 e. The average molecular weight is 211 g/mol. The molecule has 0 fully saturated rings. The van der Waals surface area contributed by atoms with Gasteiger partial charge in [-0.05, 0) is 25.7 Å². The summed E-state index contributed by atoms with van der Waals surface area (Å²) in [5.74, 6) is 0. The number of halogens is 2. The SMILES string of the molecule is CCCC(Cl)CCCC(Cl)CC. The Hall–Kier alpha value is 0.580. The van der Waals surface area contributed by atoms with Crippen molar-refractivity contribution in [1.82, 2.24) is 0 Å². The van der Waals surface area contributed by atoms with Gasteiger partial charge in [0.15, 0.2) is 0 Å². The first kappa shape index (κ1) is 12.6. The third-order valence-corrected chi connectivity index (χ3v) is 3.04. The van der Waals surface area contributed by atoms with Crippen LogP contribution in [0.4, 0.5) is 0 Å². The molecule has 0 aromatic carbocycles. The fourth-order valence-electron chi connectivity index (χ4n) is 1.22. The second kappa shape index (κ2) is 8.19. The molecule has 0 aromatic heterocycles. The van der Waals surface area contributed by atoms with Crippen LogP contribution in [0, 0.1) is 0 Å². The number of rotatable bonds is 7. The Morgan fingerprint density at radius 1 is 0.917 bits per heavy atom. The highest BCUT2D eigenvalue weighted by atomic mass is 35.5. The molecular formula is C10H20Cl2. The molecule has 0 saturated heterocycles. The molecule has 74 valence electrons. The normalized spacial score (nSPS) is 16.0. The molecule has 0 amide bonds. The third kappa shape index (κ3) is 7.24. The van der Waals surface area contributed by atoms with Crippen molar-refractivity contribution in [3.05, 3.63) is 0 Å². The molecule has 0 heterocycles. The summed E-state index contributed by atoms with van der Waals surface area (Å²) in [4.78, 5) is 0. The van der Waals surface area contributed by atoms with Gasteiger partial charge in [-0.25, -0.2) is 0 Å². The molecule has 12 heavy (non-hydrogen) atoms. The van der Waals surface area contributed by atoms with E-state index >= 15 is 0 Å². The van der Waals surface area contributed by atoms with Crippen molar-refractivity contribution >= 4 is 23.2 Å². The highest BCUT2D eigenvalue weighted by Gasteiger charge is 2.05. The average Bonchev–Trinajstić information content (AvgIpc) is 2.04. The zero-order valence-corrected chi connectivity index (χ0v) is 9.67. The van der Waals surface area contributed by atoms with Gasteiger partial charge in [-0.1, -0.05) is 26.7 Å². The lowest BCUT2D eigenvalue weighted by molar-refractivity contribution is 0.595. The standard InChI is InChI=1S/C10H20Cl2/c1-3-6-10(12)8-5-7-9(11)4-2/h9-10H,3-8H2,1-2H3. The zero-order chi connectivity index (χ0) is 9.40. The quantitative estimate of drug-likeness (QED) is 0.540. The summed E-state index contributed by atoms with van der Waals surface area (Å²) in [5.41, 5.74) is 0. The van der Waals surface area contributed by atoms with Gasteiger partial charge in [-0.15, -0.1) is 23.2 Å². The van der Waals surface area contributed by atoms with E-state index in [0.717, 1.165) is 25.7 Å². The summed E-state index contributed by atoms with van der Waals surface area (Å²) >= 11 is 12.0. The minimum atomic E-state index is 0.357. The van der Waals surface area contributed by atoms with Crippen molar-refractivity contribution in [3.8, 4) is 0 Å². The van der Waals surface area contributed by atoms with Gasteiger partial charge < -0.3 is 0 Å². The molecule has 2 heteroatoms. The number of hydrogen-bond donors (Lipinski definition) is 0. The van der Waals surface area contributed by atoms with Crippen LogP contribution in [0.2, 0.25) is 0 Å². The molecule has 0 aliphatic carbocycles. The summed E-state index contributed by atoms with van der Waals surface area (Å²) in [6.07, 6.45) is 6.81. The Morgan fingerprint density at radius 3 is 2.00 bits per heavy atom. The molecule has 0 N–H and O–H groups in total. The lowest BCUT2D eigenvalue weighted by atomic mass is 10.1. The molecule has 0 rings (SSSR count). The maximum absolute atomic E-state index is 6.06. The second-order valence-electron chi connectivity index (χ2n) is 3.32. The van der Waals surface area contributed by atoms with Crippen LogP contribution in [-0.2, 0) is 0 Å². The van der Waals surface area contributed by atoms with Crippen LogP contribution >= 0.6 is 23.2 Å². The minimum Gasteiger partial charge on any atom is -0.123 e. The minimum absolute atomic E-state index is 0.357. The van der Waals surface area contributed by atoms with E-state index < -0.39 is 0 Å². The fourth-order valence-corrected chi connectivity index (χ4v) is 1.75. The summed E-state index contributed by atoms with van der Waals surface area (Å²) < 4.78 is 0. The van der Waals surface area contributed by atoms with Gasteiger partial charge in [0, 0.05) is 10.8 Å². The Bertz CT molecular complexity index is 93.8. The molecule has 0 nitrogen and oxygen atoms in total. The molecule has 0 aromatic rings. The highest BCUT2D eigenvalue weighted by Crippen LogP contribution is 2.17. The van der Waals surface area contributed by atoms with Gasteiger partial charge in [0.2, 0.25) is 0 Å². The van der Waals surface area contributed by atoms with Gasteiger partial charge >= 0.3 is 0 Å². The van der Waals surface area contributed by atoms with Gasteiger partial charge in [-0.3, -0.25) is 0 Å².